The van der Waals surface area contributed by atoms with E-state index in [2.05, 4.69) is 10.6 Å². The van der Waals surface area contributed by atoms with Crippen LogP contribution in [0.4, 0.5) is 10.5 Å². The van der Waals surface area contributed by atoms with Crippen molar-refractivity contribution in [2.75, 3.05) is 5.32 Å². The molecular formula is C18H22ClN3O3. The number of hydrogen-bond donors (Lipinski definition) is 3. The Kier molecular flexibility index (Phi) is 5.42. The number of urea groups is 1. The van der Waals surface area contributed by atoms with Crippen LogP contribution in [0.3, 0.4) is 0 Å². The molecule has 0 spiro atoms. The first-order valence-corrected chi connectivity index (χ1v) is 8.19. The maximum atomic E-state index is 12.4. The maximum Gasteiger partial charge on any atom is 0.319 e. The number of hydrogen-bond acceptors (Lipinski definition) is 3. The summed E-state index contributed by atoms with van der Waals surface area (Å²) in [6, 6.07) is 7.50. The minimum atomic E-state index is -0.623. The standard InChI is InChI=1S/C18H22ClN3O3/c1-10-5-8-14(25-10)15(18(2,3)4)22-17(24)21-11-6-7-12(16(20)23)13(19)9-11/h5-9,15H,1-4H3,(H2,20,23)(H2,21,22,24). The summed E-state index contributed by atoms with van der Waals surface area (Å²) in [4.78, 5) is 23.6. The third-order valence-electron chi connectivity index (χ3n) is 3.68. The Hall–Kier alpha value is -2.47. The van der Waals surface area contributed by atoms with Gasteiger partial charge in [0.2, 0.25) is 5.91 Å². The molecule has 0 bridgehead atoms. The quantitative estimate of drug-likeness (QED) is 0.757. The van der Waals surface area contributed by atoms with Gasteiger partial charge >= 0.3 is 6.03 Å². The summed E-state index contributed by atoms with van der Waals surface area (Å²) in [6.07, 6.45) is 0. The SMILES string of the molecule is Cc1ccc(C(NC(=O)Nc2ccc(C(N)=O)c(Cl)c2)C(C)(C)C)o1. The zero-order chi connectivity index (χ0) is 18.8. The fourth-order valence-corrected chi connectivity index (χ4v) is 2.69. The largest absolute Gasteiger partial charge is 0.464 e. The first-order chi connectivity index (χ1) is 11.6. The van der Waals surface area contributed by atoms with Gasteiger partial charge in [-0.2, -0.15) is 0 Å². The molecule has 0 radical (unpaired) electrons. The molecule has 2 aromatic rings. The van der Waals surface area contributed by atoms with E-state index in [9.17, 15) is 9.59 Å². The first kappa shape index (κ1) is 18.9. The zero-order valence-electron chi connectivity index (χ0n) is 14.6. The molecule has 1 atom stereocenters. The lowest BCUT2D eigenvalue weighted by Crippen LogP contribution is -2.38. The van der Waals surface area contributed by atoms with Gasteiger partial charge in [0.15, 0.2) is 0 Å². The van der Waals surface area contributed by atoms with Crippen molar-refractivity contribution in [3.63, 3.8) is 0 Å². The van der Waals surface area contributed by atoms with Crippen molar-refractivity contribution in [2.24, 2.45) is 11.1 Å². The van der Waals surface area contributed by atoms with Gasteiger partial charge in [0, 0.05) is 5.69 Å². The van der Waals surface area contributed by atoms with Crippen LogP contribution < -0.4 is 16.4 Å². The molecule has 1 unspecified atom stereocenters. The lowest BCUT2D eigenvalue weighted by molar-refractivity contribution is 0.100. The van der Waals surface area contributed by atoms with Crippen LogP contribution in [0.1, 0.15) is 48.7 Å². The molecule has 0 saturated carbocycles. The van der Waals surface area contributed by atoms with Gasteiger partial charge in [-0.05, 0) is 42.7 Å². The topological polar surface area (TPSA) is 97.4 Å². The van der Waals surface area contributed by atoms with Gasteiger partial charge in [-0.15, -0.1) is 0 Å². The van der Waals surface area contributed by atoms with E-state index in [1.807, 2.05) is 39.8 Å². The molecule has 25 heavy (non-hydrogen) atoms. The van der Waals surface area contributed by atoms with E-state index in [1.54, 1.807) is 6.07 Å². The average Bonchev–Trinajstić information content (AvgIpc) is 2.89. The van der Waals surface area contributed by atoms with Crippen LogP contribution in [0.25, 0.3) is 0 Å². The minimum Gasteiger partial charge on any atom is -0.464 e. The first-order valence-electron chi connectivity index (χ1n) is 7.81. The highest BCUT2D eigenvalue weighted by Crippen LogP contribution is 2.33. The number of carbonyl (C=O) groups is 2. The number of nitrogens with two attached hydrogens (primary N) is 1. The number of benzene rings is 1. The molecule has 3 amide bonds. The van der Waals surface area contributed by atoms with Crippen LogP contribution in [0.2, 0.25) is 5.02 Å². The van der Waals surface area contributed by atoms with Crippen molar-refractivity contribution >= 4 is 29.2 Å². The fraction of sp³-hybridized carbons (Fsp3) is 0.333. The Bertz CT molecular complexity index is 793. The van der Waals surface area contributed by atoms with Crippen LogP contribution in [-0.2, 0) is 0 Å². The Morgan fingerprint density at radius 1 is 1.20 bits per heavy atom. The second-order valence-electron chi connectivity index (χ2n) is 6.90. The molecule has 6 nitrogen and oxygen atoms in total. The van der Waals surface area contributed by atoms with Crippen LogP contribution >= 0.6 is 11.6 Å². The van der Waals surface area contributed by atoms with E-state index in [-0.39, 0.29) is 22.0 Å². The Labute approximate surface area is 151 Å². The van der Waals surface area contributed by atoms with E-state index < -0.39 is 11.9 Å². The number of anilines is 1. The van der Waals surface area contributed by atoms with E-state index in [1.165, 1.54) is 12.1 Å². The molecule has 0 saturated heterocycles. The van der Waals surface area contributed by atoms with Gasteiger partial charge in [0.1, 0.15) is 11.5 Å². The van der Waals surface area contributed by atoms with Gasteiger partial charge in [-0.25, -0.2) is 4.79 Å². The summed E-state index contributed by atoms with van der Waals surface area (Å²) < 4.78 is 5.67. The molecule has 1 aromatic carbocycles. The predicted molar refractivity (Wildman–Crippen MR) is 97.8 cm³/mol. The number of halogens is 1. The number of primary amides is 1. The van der Waals surface area contributed by atoms with Crippen LogP contribution in [-0.4, -0.2) is 11.9 Å². The van der Waals surface area contributed by atoms with Crippen molar-refractivity contribution in [1.82, 2.24) is 5.32 Å². The summed E-state index contributed by atoms with van der Waals surface area (Å²) in [6.45, 7) is 7.88. The third-order valence-corrected chi connectivity index (χ3v) is 3.99. The van der Waals surface area contributed by atoms with Crippen molar-refractivity contribution in [2.45, 2.75) is 33.7 Å². The molecule has 7 heteroatoms. The number of carbonyl (C=O) groups excluding carboxylic acids is 2. The van der Waals surface area contributed by atoms with E-state index in [0.717, 1.165) is 5.76 Å². The summed E-state index contributed by atoms with van der Waals surface area (Å²) in [5.74, 6) is 0.838. The molecule has 134 valence electrons. The second-order valence-corrected chi connectivity index (χ2v) is 7.31. The molecule has 1 aromatic heterocycles. The normalized spacial score (nSPS) is 12.5. The lowest BCUT2D eigenvalue weighted by Gasteiger charge is -2.30. The molecule has 2 rings (SSSR count). The van der Waals surface area contributed by atoms with Gasteiger partial charge in [-0.1, -0.05) is 32.4 Å². The summed E-state index contributed by atoms with van der Waals surface area (Å²) in [5.41, 5.74) is 5.61. The van der Waals surface area contributed by atoms with E-state index in [0.29, 0.717) is 11.4 Å². The highest BCUT2D eigenvalue weighted by atomic mass is 35.5. The maximum absolute atomic E-state index is 12.4. The van der Waals surface area contributed by atoms with Crippen LogP contribution in [0.5, 0.6) is 0 Å². The minimum absolute atomic E-state index is 0.180. The van der Waals surface area contributed by atoms with Gasteiger partial charge in [-0.3, -0.25) is 4.79 Å². The molecule has 1 heterocycles. The smallest absolute Gasteiger partial charge is 0.319 e. The summed E-state index contributed by atoms with van der Waals surface area (Å²) in [5, 5.41) is 5.79. The van der Waals surface area contributed by atoms with Crippen molar-refractivity contribution in [1.29, 1.82) is 0 Å². The summed E-state index contributed by atoms with van der Waals surface area (Å²) >= 11 is 6.00. The van der Waals surface area contributed by atoms with E-state index >= 15 is 0 Å². The lowest BCUT2D eigenvalue weighted by atomic mass is 9.85. The van der Waals surface area contributed by atoms with Crippen LogP contribution in [0.15, 0.2) is 34.7 Å². The third kappa shape index (κ3) is 4.76. The predicted octanol–water partition coefficient (Wildman–Crippen LogP) is 4.25. The summed E-state index contributed by atoms with van der Waals surface area (Å²) in [7, 11) is 0. The van der Waals surface area contributed by atoms with Crippen molar-refractivity contribution in [3.05, 3.63) is 52.4 Å². The van der Waals surface area contributed by atoms with Crippen LogP contribution in [0, 0.1) is 12.3 Å². The fourth-order valence-electron chi connectivity index (χ4n) is 2.41. The zero-order valence-corrected chi connectivity index (χ0v) is 15.4. The van der Waals surface area contributed by atoms with Gasteiger partial charge < -0.3 is 20.8 Å². The molecule has 0 aliphatic rings. The highest BCUT2D eigenvalue weighted by molar-refractivity contribution is 6.34. The number of rotatable bonds is 4. The molecule has 0 aliphatic carbocycles. The van der Waals surface area contributed by atoms with Crippen molar-refractivity contribution in [3.8, 4) is 0 Å². The average molecular weight is 364 g/mol. The second kappa shape index (κ2) is 7.19. The number of amides is 3. The molecular weight excluding hydrogens is 342 g/mol. The van der Waals surface area contributed by atoms with Gasteiger partial charge in [0.25, 0.3) is 0 Å². The Morgan fingerprint density at radius 2 is 1.88 bits per heavy atom. The Balaban J connectivity index is 2.14. The number of nitrogens with one attached hydrogen (secondary N) is 2. The Morgan fingerprint density at radius 3 is 2.36 bits per heavy atom. The number of furan rings is 1. The highest BCUT2D eigenvalue weighted by Gasteiger charge is 2.30. The molecule has 4 N–H and O–H groups in total. The van der Waals surface area contributed by atoms with E-state index in [4.69, 9.17) is 21.8 Å². The monoisotopic (exact) mass is 363 g/mol. The molecule has 0 aliphatic heterocycles. The number of aryl methyl sites for hydroxylation is 1. The molecule has 0 fully saturated rings. The van der Waals surface area contributed by atoms with Gasteiger partial charge in [0.05, 0.1) is 16.6 Å². The van der Waals surface area contributed by atoms with Crippen molar-refractivity contribution < 1.29 is 14.0 Å².